The highest BCUT2D eigenvalue weighted by atomic mass is 79.9. The molecule has 20 heavy (non-hydrogen) atoms. The van der Waals surface area contributed by atoms with Crippen molar-refractivity contribution >= 4 is 43.5 Å². The Morgan fingerprint density at radius 2 is 2.15 bits per heavy atom. The first-order chi connectivity index (χ1) is 9.26. The summed E-state index contributed by atoms with van der Waals surface area (Å²) in [7, 11) is -3.84. The number of aliphatic carboxylic acids is 1. The van der Waals surface area contributed by atoms with Gasteiger partial charge in [-0.05, 0) is 24.6 Å². The lowest BCUT2D eigenvalue weighted by atomic mass is 10.1. The smallest absolute Gasteiger partial charge is 0.304 e. The summed E-state index contributed by atoms with van der Waals surface area (Å²) in [5.74, 6) is -1.05. The van der Waals surface area contributed by atoms with Crippen LogP contribution in [-0.4, -0.2) is 25.5 Å². The van der Waals surface area contributed by atoms with Gasteiger partial charge in [0.2, 0.25) is 10.0 Å². The highest BCUT2D eigenvalue weighted by Crippen LogP contribution is 2.25. The maximum atomic E-state index is 12.2. The molecule has 8 heteroatoms. The fourth-order valence-corrected chi connectivity index (χ4v) is 4.05. The maximum absolute atomic E-state index is 12.2. The van der Waals surface area contributed by atoms with Crippen molar-refractivity contribution in [2.75, 3.05) is 0 Å². The Kier molecular flexibility index (Phi) is 6.44. The van der Waals surface area contributed by atoms with Gasteiger partial charge in [-0.15, -0.1) is 0 Å². The number of halogens is 2. The lowest BCUT2D eigenvalue weighted by molar-refractivity contribution is -0.137. The predicted molar refractivity (Wildman–Crippen MR) is 80.4 cm³/mol. The SMILES string of the molecule is CCCC(CC(=O)O)NS(=O)(=O)c1ccc(Br)cc1Cl. The molecule has 0 aromatic heterocycles. The molecule has 0 aliphatic heterocycles. The van der Waals surface area contributed by atoms with Crippen molar-refractivity contribution < 1.29 is 18.3 Å². The van der Waals surface area contributed by atoms with Gasteiger partial charge in [0.1, 0.15) is 4.90 Å². The van der Waals surface area contributed by atoms with E-state index in [0.29, 0.717) is 17.3 Å². The van der Waals surface area contributed by atoms with Crippen LogP contribution >= 0.6 is 27.5 Å². The second kappa shape index (κ2) is 7.40. The molecule has 112 valence electrons. The summed E-state index contributed by atoms with van der Waals surface area (Å²) in [5.41, 5.74) is 0. The van der Waals surface area contributed by atoms with Crippen molar-refractivity contribution in [1.29, 1.82) is 0 Å². The van der Waals surface area contributed by atoms with E-state index < -0.39 is 22.0 Å². The van der Waals surface area contributed by atoms with Gasteiger partial charge < -0.3 is 5.11 Å². The van der Waals surface area contributed by atoms with E-state index in [4.69, 9.17) is 16.7 Å². The van der Waals surface area contributed by atoms with Crippen molar-refractivity contribution in [3.05, 3.63) is 27.7 Å². The standard InChI is InChI=1S/C12H15BrClNO4S/c1-2-3-9(7-12(16)17)15-20(18,19)11-5-4-8(13)6-10(11)14/h4-6,9,15H,2-3,7H2,1H3,(H,16,17). The minimum atomic E-state index is -3.84. The number of carbonyl (C=O) groups is 1. The molecule has 1 rings (SSSR count). The third kappa shape index (κ3) is 5.05. The van der Waals surface area contributed by atoms with Gasteiger partial charge in [0.25, 0.3) is 0 Å². The van der Waals surface area contributed by atoms with Crippen LogP contribution in [0.4, 0.5) is 0 Å². The molecule has 1 aromatic rings. The Morgan fingerprint density at radius 1 is 1.50 bits per heavy atom. The summed E-state index contributed by atoms with van der Waals surface area (Å²) >= 11 is 9.11. The van der Waals surface area contributed by atoms with Gasteiger partial charge in [-0.25, -0.2) is 13.1 Å². The maximum Gasteiger partial charge on any atom is 0.304 e. The second-order valence-corrected chi connectivity index (χ2v) is 7.28. The number of hydrogen-bond donors (Lipinski definition) is 2. The molecule has 0 spiro atoms. The van der Waals surface area contributed by atoms with Crippen LogP contribution in [0.3, 0.4) is 0 Å². The fourth-order valence-electron chi connectivity index (χ4n) is 1.74. The Morgan fingerprint density at radius 3 is 2.65 bits per heavy atom. The quantitative estimate of drug-likeness (QED) is 0.757. The van der Waals surface area contributed by atoms with Gasteiger partial charge in [0.05, 0.1) is 11.4 Å². The molecular formula is C12H15BrClNO4S. The summed E-state index contributed by atoms with van der Waals surface area (Å²) in [4.78, 5) is 10.7. The molecule has 0 bridgehead atoms. The van der Waals surface area contributed by atoms with E-state index in [1.165, 1.54) is 12.1 Å². The minimum absolute atomic E-state index is 0.0612. The van der Waals surface area contributed by atoms with Gasteiger partial charge in [-0.1, -0.05) is 40.9 Å². The monoisotopic (exact) mass is 383 g/mol. The summed E-state index contributed by atoms with van der Waals surface area (Å²) in [6.07, 6.45) is 0.857. The van der Waals surface area contributed by atoms with Crippen LogP contribution in [-0.2, 0) is 14.8 Å². The van der Waals surface area contributed by atoms with Crippen LogP contribution in [0.5, 0.6) is 0 Å². The van der Waals surface area contributed by atoms with Crippen molar-refractivity contribution in [2.45, 2.75) is 37.1 Å². The molecule has 0 saturated heterocycles. The zero-order valence-corrected chi connectivity index (χ0v) is 13.9. The Labute approximate surface area is 131 Å². The van der Waals surface area contributed by atoms with Crippen molar-refractivity contribution in [1.82, 2.24) is 4.72 Å². The first kappa shape index (κ1) is 17.4. The summed E-state index contributed by atoms with van der Waals surface area (Å²) in [6.45, 7) is 1.86. The van der Waals surface area contributed by atoms with Crippen LogP contribution in [0.1, 0.15) is 26.2 Å². The highest BCUT2D eigenvalue weighted by Gasteiger charge is 2.23. The van der Waals surface area contributed by atoms with Crippen LogP contribution in [0, 0.1) is 0 Å². The number of sulfonamides is 1. The molecule has 0 aliphatic rings. The molecule has 0 fully saturated rings. The molecular weight excluding hydrogens is 370 g/mol. The van der Waals surface area contributed by atoms with Crippen LogP contribution in [0.15, 0.2) is 27.6 Å². The molecule has 0 amide bonds. The van der Waals surface area contributed by atoms with E-state index in [-0.39, 0.29) is 16.3 Å². The summed E-state index contributed by atoms with van der Waals surface area (Å²) in [6, 6.07) is 3.76. The lowest BCUT2D eigenvalue weighted by Gasteiger charge is -2.17. The van der Waals surface area contributed by atoms with Crippen LogP contribution in [0.25, 0.3) is 0 Å². The Balaban J connectivity index is 2.99. The number of carboxylic acid groups (broad SMARTS) is 1. The summed E-state index contributed by atoms with van der Waals surface area (Å²) < 4.78 is 27.5. The Bertz CT molecular complexity index is 591. The molecule has 2 N–H and O–H groups in total. The minimum Gasteiger partial charge on any atom is -0.481 e. The summed E-state index contributed by atoms with van der Waals surface area (Å²) in [5, 5.41) is 8.88. The second-order valence-electron chi connectivity index (χ2n) is 4.28. The fraction of sp³-hybridized carbons (Fsp3) is 0.417. The van der Waals surface area contributed by atoms with Crippen molar-refractivity contribution in [3.63, 3.8) is 0 Å². The van der Waals surface area contributed by atoms with Gasteiger partial charge >= 0.3 is 5.97 Å². The van der Waals surface area contributed by atoms with E-state index in [9.17, 15) is 13.2 Å². The average Bonchev–Trinajstić information content (AvgIpc) is 2.26. The van der Waals surface area contributed by atoms with Crippen LogP contribution < -0.4 is 4.72 Å². The lowest BCUT2D eigenvalue weighted by Crippen LogP contribution is -2.36. The molecule has 1 unspecified atom stereocenters. The molecule has 0 saturated carbocycles. The normalized spacial score (nSPS) is 13.2. The van der Waals surface area contributed by atoms with Gasteiger partial charge in [0, 0.05) is 10.5 Å². The third-order valence-corrected chi connectivity index (χ3v) is 5.06. The zero-order chi connectivity index (χ0) is 15.3. The predicted octanol–water partition coefficient (Wildman–Crippen LogP) is 3.02. The van der Waals surface area contributed by atoms with Gasteiger partial charge in [-0.2, -0.15) is 0 Å². The average molecular weight is 385 g/mol. The largest absolute Gasteiger partial charge is 0.481 e. The van der Waals surface area contributed by atoms with Crippen molar-refractivity contribution in [3.8, 4) is 0 Å². The highest BCUT2D eigenvalue weighted by molar-refractivity contribution is 9.10. The van der Waals surface area contributed by atoms with Gasteiger partial charge in [-0.3, -0.25) is 4.79 Å². The van der Waals surface area contributed by atoms with E-state index in [2.05, 4.69) is 20.7 Å². The van der Waals surface area contributed by atoms with Crippen LogP contribution in [0.2, 0.25) is 5.02 Å². The number of nitrogens with one attached hydrogen (secondary N) is 1. The molecule has 5 nitrogen and oxygen atoms in total. The molecule has 0 aliphatic carbocycles. The van der Waals surface area contributed by atoms with E-state index in [1.807, 2.05) is 6.92 Å². The first-order valence-electron chi connectivity index (χ1n) is 5.95. The molecule has 1 aromatic carbocycles. The Hall–Kier alpha value is -0.630. The van der Waals surface area contributed by atoms with E-state index >= 15 is 0 Å². The number of rotatable bonds is 7. The van der Waals surface area contributed by atoms with Gasteiger partial charge in [0.15, 0.2) is 0 Å². The topological polar surface area (TPSA) is 83.5 Å². The number of carboxylic acids is 1. The van der Waals surface area contributed by atoms with Crippen molar-refractivity contribution in [2.24, 2.45) is 0 Å². The number of benzene rings is 1. The molecule has 1 atom stereocenters. The van der Waals surface area contributed by atoms with E-state index in [0.717, 1.165) is 0 Å². The first-order valence-corrected chi connectivity index (χ1v) is 8.61. The number of hydrogen-bond acceptors (Lipinski definition) is 3. The van der Waals surface area contributed by atoms with E-state index in [1.54, 1.807) is 6.07 Å². The third-order valence-electron chi connectivity index (χ3n) is 2.56. The molecule has 0 heterocycles. The molecule has 0 radical (unpaired) electrons. The zero-order valence-electron chi connectivity index (χ0n) is 10.8.